The van der Waals surface area contributed by atoms with Gasteiger partial charge >= 0.3 is 0 Å². The molecule has 3 nitrogen and oxygen atoms in total. The van der Waals surface area contributed by atoms with Crippen LogP contribution in [0.1, 0.15) is 19.4 Å². The summed E-state index contributed by atoms with van der Waals surface area (Å²) in [6.45, 7) is -5.05. The molecule has 0 aliphatic heterocycles. The lowest BCUT2D eigenvalue weighted by molar-refractivity contribution is 0.666. The molecule has 0 bridgehead atoms. The second kappa shape index (κ2) is 8.55. The number of pyridine rings is 1. The first kappa shape index (κ1) is 18.1. The largest absolute Gasteiger partial charge is 0.455 e. The Labute approximate surface area is 250 Å². The van der Waals surface area contributed by atoms with Crippen LogP contribution >= 0.6 is 0 Å². The van der Waals surface area contributed by atoms with Gasteiger partial charge in [-0.2, -0.15) is 0 Å². The van der Waals surface area contributed by atoms with E-state index in [1.807, 2.05) is 42.6 Å². The van der Waals surface area contributed by atoms with Gasteiger partial charge in [-0.1, -0.05) is 78.9 Å². The molecule has 0 N–H and O–H groups in total. The van der Waals surface area contributed by atoms with Gasteiger partial charge in [-0.25, -0.2) is 0 Å². The summed E-state index contributed by atoms with van der Waals surface area (Å²) >= 11 is 0. The Bertz CT molecular complexity index is 2770. The Balaban J connectivity index is 1.29. The van der Waals surface area contributed by atoms with E-state index in [1.54, 1.807) is 0 Å². The number of nitrogens with zero attached hydrogens (tertiary/aromatic N) is 2. The van der Waals surface area contributed by atoms with Crippen LogP contribution in [0.2, 0.25) is 0 Å². The van der Waals surface area contributed by atoms with E-state index in [1.165, 1.54) is 28.3 Å². The van der Waals surface area contributed by atoms with E-state index in [4.69, 9.17) is 17.6 Å². The van der Waals surface area contributed by atoms with Crippen LogP contribution in [0.25, 0.3) is 82.2 Å². The molecule has 0 unspecified atom stereocenters. The van der Waals surface area contributed by atoms with Crippen molar-refractivity contribution in [1.82, 2.24) is 9.55 Å². The van der Waals surface area contributed by atoms with Gasteiger partial charge in [0, 0.05) is 47.2 Å². The highest BCUT2D eigenvalue weighted by Gasteiger charge is 2.18. The van der Waals surface area contributed by atoms with E-state index in [0.717, 1.165) is 32.9 Å². The number of para-hydroxylation sites is 2. The van der Waals surface area contributed by atoms with Crippen LogP contribution in [0.3, 0.4) is 0 Å². The van der Waals surface area contributed by atoms with Crippen molar-refractivity contribution in [2.45, 2.75) is 13.7 Å². The Morgan fingerprint density at radius 1 is 0.595 bits per heavy atom. The molecule has 9 rings (SSSR count). The van der Waals surface area contributed by atoms with Gasteiger partial charge in [-0.15, -0.1) is 0 Å². The summed E-state index contributed by atoms with van der Waals surface area (Å²) in [5.74, 6) is 0. The molecular weight excluding hydrogens is 512 g/mol. The Morgan fingerprint density at radius 3 is 2.36 bits per heavy atom. The SMILES string of the molecule is [2H]C([2H])([2H])c1cc(C([2H])([2H])[2H])c2oc3c(-c4cc5c(cn4)c4ccccc4n5-c4ccc5c(ccc6ccccc65)c4)cccc3c2c1. The van der Waals surface area contributed by atoms with Crippen molar-refractivity contribution in [1.29, 1.82) is 0 Å². The Hall–Kier alpha value is -5.41. The molecule has 3 heteroatoms. The van der Waals surface area contributed by atoms with Gasteiger partial charge < -0.3 is 8.98 Å². The fourth-order valence-electron chi connectivity index (χ4n) is 6.53. The zero-order valence-electron chi connectivity index (χ0n) is 28.3. The molecule has 0 saturated carbocycles. The lowest BCUT2D eigenvalue weighted by Gasteiger charge is -2.11. The number of hydrogen-bond acceptors (Lipinski definition) is 2. The first-order valence-corrected chi connectivity index (χ1v) is 13.9. The van der Waals surface area contributed by atoms with Gasteiger partial charge in [0.1, 0.15) is 11.2 Å². The average Bonchev–Trinajstić information content (AvgIpc) is 3.62. The van der Waals surface area contributed by atoms with Crippen molar-refractivity contribution in [2.24, 2.45) is 0 Å². The second-order valence-corrected chi connectivity index (χ2v) is 10.8. The predicted octanol–water partition coefficient (Wildman–Crippen LogP) is 10.7. The maximum atomic E-state index is 8.16. The summed E-state index contributed by atoms with van der Waals surface area (Å²) in [5, 5.41) is 7.89. The number of aromatic nitrogens is 2. The summed E-state index contributed by atoms with van der Waals surface area (Å²) in [4.78, 5) is 4.89. The van der Waals surface area contributed by atoms with E-state index >= 15 is 0 Å². The minimum absolute atomic E-state index is 0.0401. The number of hydrogen-bond donors (Lipinski definition) is 0. The first-order valence-electron chi connectivity index (χ1n) is 16.9. The molecule has 0 radical (unpaired) electrons. The fourth-order valence-corrected chi connectivity index (χ4v) is 6.53. The predicted molar refractivity (Wildman–Crippen MR) is 176 cm³/mol. The average molecular weight is 545 g/mol. The van der Waals surface area contributed by atoms with Crippen LogP contribution < -0.4 is 0 Å². The molecule has 3 aromatic heterocycles. The van der Waals surface area contributed by atoms with E-state index in [2.05, 4.69) is 71.3 Å². The van der Waals surface area contributed by atoms with Crippen molar-refractivity contribution < 1.29 is 12.6 Å². The Morgan fingerprint density at radius 2 is 1.43 bits per heavy atom. The van der Waals surface area contributed by atoms with Gasteiger partial charge in [0.05, 0.1) is 16.7 Å². The van der Waals surface area contributed by atoms with Crippen molar-refractivity contribution in [3.8, 4) is 16.9 Å². The van der Waals surface area contributed by atoms with Gasteiger partial charge in [0.15, 0.2) is 0 Å². The topological polar surface area (TPSA) is 31.0 Å². The summed E-state index contributed by atoms with van der Waals surface area (Å²) < 4.78 is 57.0. The first-order chi connectivity index (χ1) is 23.1. The third kappa shape index (κ3) is 3.25. The van der Waals surface area contributed by atoms with Crippen LogP contribution in [0.15, 0.2) is 126 Å². The van der Waals surface area contributed by atoms with Gasteiger partial charge in [-0.05, 0) is 82.8 Å². The molecule has 0 aliphatic rings. The molecule has 0 amide bonds. The van der Waals surface area contributed by atoms with E-state index < -0.39 is 13.7 Å². The maximum Gasteiger partial charge on any atom is 0.144 e. The van der Waals surface area contributed by atoms with Crippen molar-refractivity contribution >= 4 is 65.3 Å². The molecule has 6 aromatic carbocycles. The van der Waals surface area contributed by atoms with E-state index in [-0.39, 0.29) is 16.7 Å². The van der Waals surface area contributed by atoms with E-state index in [9.17, 15) is 0 Å². The molecule has 3 heterocycles. The van der Waals surface area contributed by atoms with Crippen LogP contribution in [0.5, 0.6) is 0 Å². The number of fused-ring (bicyclic) bond motifs is 9. The molecule has 42 heavy (non-hydrogen) atoms. The van der Waals surface area contributed by atoms with Gasteiger partial charge in [0.25, 0.3) is 0 Å². The van der Waals surface area contributed by atoms with Crippen LogP contribution in [-0.2, 0) is 0 Å². The number of furan rings is 1. The highest BCUT2D eigenvalue weighted by atomic mass is 16.3. The zero-order chi connectivity index (χ0) is 32.9. The normalized spacial score (nSPS) is 14.8. The Kier molecular flexibility index (Phi) is 3.68. The lowest BCUT2D eigenvalue weighted by atomic mass is 10.0. The van der Waals surface area contributed by atoms with Crippen LogP contribution in [0, 0.1) is 13.7 Å². The van der Waals surface area contributed by atoms with Gasteiger partial charge in [-0.3, -0.25) is 4.98 Å². The van der Waals surface area contributed by atoms with Gasteiger partial charge in [0.2, 0.25) is 0 Å². The standard InChI is InChI=1S/C39H26N2O/c1-23-18-24(2)38-33(19-23)31-11-7-12-32(39(31)42-38)35-21-37-34(22-40-35)30-10-5-6-13-36(30)41(37)27-16-17-29-26(20-27)15-14-25-8-3-4-9-28(25)29/h3-22H,1-2H3/i1D3,2D3. The smallest absolute Gasteiger partial charge is 0.144 e. The summed E-state index contributed by atoms with van der Waals surface area (Å²) in [7, 11) is 0. The third-order valence-electron chi connectivity index (χ3n) is 8.42. The molecule has 0 fully saturated rings. The number of benzene rings is 6. The molecule has 9 aromatic rings. The van der Waals surface area contributed by atoms with Crippen LogP contribution in [-0.4, -0.2) is 9.55 Å². The monoisotopic (exact) mass is 544 g/mol. The van der Waals surface area contributed by atoms with Crippen LogP contribution in [0.4, 0.5) is 0 Å². The lowest BCUT2D eigenvalue weighted by Crippen LogP contribution is -1.95. The molecular formula is C39H26N2O. The van der Waals surface area contributed by atoms with Crippen molar-refractivity contribution in [3.63, 3.8) is 0 Å². The zero-order valence-corrected chi connectivity index (χ0v) is 22.3. The number of rotatable bonds is 2. The number of aryl methyl sites for hydroxylation is 2. The van der Waals surface area contributed by atoms with Crippen molar-refractivity contribution in [2.75, 3.05) is 0 Å². The minimum atomic E-state index is -2.57. The summed E-state index contributed by atoms with van der Waals surface area (Å²) in [5.41, 5.74) is 4.80. The van der Waals surface area contributed by atoms with Crippen molar-refractivity contribution in [3.05, 3.63) is 133 Å². The quantitative estimate of drug-likeness (QED) is 0.203. The fraction of sp³-hybridized carbons (Fsp3) is 0.0513. The maximum absolute atomic E-state index is 8.16. The highest BCUT2D eigenvalue weighted by molar-refractivity contribution is 6.13. The summed E-state index contributed by atoms with van der Waals surface area (Å²) in [6.07, 6.45) is 1.88. The highest BCUT2D eigenvalue weighted by Crippen LogP contribution is 2.39. The molecule has 0 spiro atoms. The molecule has 198 valence electrons. The molecule has 0 saturated heterocycles. The molecule has 0 atom stereocenters. The third-order valence-corrected chi connectivity index (χ3v) is 8.42. The van der Waals surface area contributed by atoms with E-state index in [0.29, 0.717) is 27.6 Å². The molecule has 0 aliphatic carbocycles. The minimum Gasteiger partial charge on any atom is -0.455 e. The second-order valence-electron chi connectivity index (χ2n) is 10.8. The summed E-state index contributed by atoms with van der Waals surface area (Å²) in [6, 6.07) is 37.9.